The van der Waals surface area contributed by atoms with Gasteiger partial charge < -0.3 is 9.64 Å². The molecular weight excluding hydrogens is 356 g/mol. The van der Waals surface area contributed by atoms with E-state index in [1.807, 2.05) is 12.1 Å². The summed E-state index contributed by atoms with van der Waals surface area (Å²) in [6.07, 6.45) is 6.05. The topological polar surface area (TPSA) is 68.6 Å². The van der Waals surface area contributed by atoms with E-state index >= 15 is 0 Å². The highest BCUT2D eigenvalue weighted by Gasteiger charge is 2.37. The average Bonchev–Trinajstić information content (AvgIpc) is 3.36. The summed E-state index contributed by atoms with van der Waals surface area (Å²) in [5, 5.41) is 0. The lowest BCUT2D eigenvalue weighted by Crippen LogP contribution is -2.44. The summed E-state index contributed by atoms with van der Waals surface area (Å²) in [5.74, 6) is -0.821. The van der Waals surface area contributed by atoms with Gasteiger partial charge in [-0.25, -0.2) is 4.79 Å². The molecule has 6 heteroatoms. The first-order valence-electron chi connectivity index (χ1n) is 9.75. The zero-order chi connectivity index (χ0) is 19.8. The van der Waals surface area contributed by atoms with Gasteiger partial charge in [0.25, 0.3) is 11.5 Å². The summed E-state index contributed by atoms with van der Waals surface area (Å²) in [6.45, 7) is 2.21. The smallest absolute Gasteiger partial charge is 0.328 e. The normalized spacial score (nSPS) is 18.2. The second-order valence-electron chi connectivity index (χ2n) is 7.50. The monoisotopic (exact) mass is 380 g/mol. The van der Waals surface area contributed by atoms with Gasteiger partial charge in [0.05, 0.1) is 12.8 Å². The SMILES string of the molecule is COC(=O)[C@@H]1CCCN1C(=O)c1c(C)ccn(-c2cccc3c2CCC3)c1=O. The first-order valence-corrected chi connectivity index (χ1v) is 9.75. The Bertz CT molecular complexity index is 1010. The lowest BCUT2D eigenvalue weighted by Gasteiger charge is -2.23. The van der Waals surface area contributed by atoms with Crippen LogP contribution in [0.15, 0.2) is 35.3 Å². The van der Waals surface area contributed by atoms with Crippen molar-refractivity contribution in [2.75, 3.05) is 13.7 Å². The third kappa shape index (κ3) is 2.93. The molecule has 2 aromatic rings. The number of aryl methyl sites for hydroxylation is 2. The van der Waals surface area contributed by atoms with Crippen LogP contribution in [-0.4, -0.2) is 41.0 Å². The van der Waals surface area contributed by atoms with E-state index in [-0.39, 0.29) is 11.1 Å². The number of nitrogens with zero attached hydrogens (tertiary/aromatic N) is 2. The van der Waals surface area contributed by atoms with Crippen molar-refractivity contribution in [3.05, 3.63) is 63.1 Å². The van der Waals surface area contributed by atoms with Gasteiger partial charge in [-0.05, 0) is 67.9 Å². The fraction of sp³-hybridized carbons (Fsp3) is 0.409. The molecule has 0 N–H and O–H groups in total. The number of esters is 1. The number of carbonyl (C=O) groups excluding carboxylic acids is 2. The molecule has 1 saturated heterocycles. The Morgan fingerprint density at radius 2 is 1.96 bits per heavy atom. The molecule has 28 heavy (non-hydrogen) atoms. The predicted octanol–water partition coefficient (Wildman–Crippen LogP) is 2.41. The number of hydrogen-bond donors (Lipinski definition) is 0. The molecule has 1 fully saturated rings. The van der Waals surface area contributed by atoms with Gasteiger partial charge in [0, 0.05) is 12.7 Å². The van der Waals surface area contributed by atoms with Gasteiger partial charge in [0.2, 0.25) is 0 Å². The van der Waals surface area contributed by atoms with Crippen molar-refractivity contribution in [2.45, 2.75) is 45.1 Å². The van der Waals surface area contributed by atoms with Crippen molar-refractivity contribution in [3.63, 3.8) is 0 Å². The summed E-state index contributed by atoms with van der Waals surface area (Å²) in [6, 6.07) is 7.17. The number of pyridine rings is 1. The van der Waals surface area contributed by atoms with Crippen LogP contribution >= 0.6 is 0 Å². The quantitative estimate of drug-likeness (QED) is 0.767. The molecule has 2 heterocycles. The number of aromatic nitrogens is 1. The van der Waals surface area contributed by atoms with Gasteiger partial charge in [0.15, 0.2) is 0 Å². The summed E-state index contributed by atoms with van der Waals surface area (Å²) >= 11 is 0. The van der Waals surface area contributed by atoms with Crippen LogP contribution in [0.2, 0.25) is 0 Å². The Morgan fingerprint density at radius 1 is 1.14 bits per heavy atom. The maximum absolute atomic E-state index is 13.3. The number of methoxy groups -OCH3 is 1. The second-order valence-corrected chi connectivity index (χ2v) is 7.50. The first kappa shape index (κ1) is 18.5. The van der Waals surface area contributed by atoms with E-state index in [0.717, 1.165) is 31.4 Å². The van der Waals surface area contributed by atoms with Crippen LogP contribution < -0.4 is 5.56 Å². The van der Waals surface area contributed by atoms with Crippen LogP contribution in [0.3, 0.4) is 0 Å². The number of fused-ring (bicyclic) bond motifs is 1. The van der Waals surface area contributed by atoms with Gasteiger partial charge in [-0.3, -0.25) is 14.2 Å². The molecule has 0 saturated carbocycles. The van der Waals surface area contributed by atoms with Gasteiger partial charge in [0.1, 0.15) is 11.6 Å². The van der Waals surface area contributed by atoms with E-state index in [0.29, 0.717) is 18.5 Å². The highest BCUT2D eigenvalue weighted by molar-refractivity contribution is 5.98. The minimum Gasteiger partial charge on any atom is -0.467 e. The zero-order valence-electron chi connectivity index (χ0n) is 16.2. The molecule has 4 rings (SSSR count). The lowest BCUT2D eigenvalue weighted by molar-refractivity contribution is -0.145. The van der Waals surface area contributed by atoms with Crippen LogP contribution in [0.4, 0.5) is 0 Å². The van der Waals surface area contributed by atoms with Crippen molar-refractivity contribution in [1.29, 1.82) is 0 Å². The maximum Gasteiger partial charge on any atom is 0.328 e. The average molecular weight is 380 g/mol. The zero-order valence-corrected chi connectivity index (χ0v) is 16.2. The Balaban J connectivity index is 1.78. The Kier molecular flexibility index (Phi) is 4.79. The van der Waals surface area contributed by atoms with Gasteiger partial charge >= 0.3 is 5.97 Å². The van der Waals surface area contributed by atoms with Crippen LogP contribution in [0.5, 0.6) is 0 Å². The highest BCUT2D eigenvalue weighted by Crippen LogP contribution is 2.27. The molecule has 1 aromatic carbocycles. The number of amides is 1. The summed E-state index contributed by atoms with van der Waals surface area (Å²) in [5.41, 5.74) is 3.72. The van der Waals surface area contributed by atoms with Gasteiger partial charge in [-0.2, -0.15) is 0 Å². The number of hydrogen-bond acceptors (Lipinski definition) is 4. The summed E-state index contributed by atoms with van der Waals surface area (Å²) < 4.78 is 6.42. The molecule has 0 bridgehead atoms. The standard InChI is InChI=1S/C22H24N2O4/c1-14-11-13-24(17-9-4-7-15-6-3-8-16(15)17)21(26)19(14)20(25)23-12-5-10-18(23)22(27)28-2/h4,7,9,11,13,18H,3,5-6,8,10,12H2,1-2H3/t18-/m0/s1. The lowest BCUT2D eigenvalue weighted by atomic mass is 10.1. The predicted molar refractivity (Wildman–Crippen MR) is 105 cm³/mol. The Morgan fingerprint density at radius 3 is 2.75 bits per heavy atom. The largest absolute Gasteiger partial charge is 0.467 e. The number of ether oxygens (including phenoxy) is 1. The second kappa shape index (κ2) is 7.26. The molecule has 146 valence electrons. The first-order chi connectivity index (χ1) is 13.5. The van der Waals surface area contributed by atoms with E-state index in [9.17, 15) is 14.4 Å². The van der Waals surface area contributed by atoms with Crippen molar-refractivity contribution in [3.8, 4) is 5.69 Å². The van der Waals surface area contributed by atoms with Crippen LogP contribution in [-0.2, 0) is 22.4 Å². The Labute approximate surface area is 163 Å². The van der Waals surface area contributed by atoms with E-state index in [4.69, 9.17) is 4.74 Å². The molecule has 1 amide bonds. The molecule has 1 aromatic heterocycles. The van der Waals surface area contributed by atoms with Crippen molar-refractivity contribution in [1.82, 2.24) is 9.47 Å². The van der Waals surface area contributed by atoms with Crippen LogP contribution in [0, 0.1) is 6.92 Å². The molecule has 0 radical (unpaired) electrons. The molecule has 1 aliphatic heterocycles. The summed E-state index contributed by atoms with van der Waals surface area (Å²) in [4.78, 5) is 40.1. The summed E-state index contributed by atoms with van der Waals surface area (Å²) in [7, 11) is 1.32. The van der Waals surface area contributed by atoms with E-state index < -0.39 is 17.9 Å². The van der Waals surface area contributed by atoms with Crippen molar-refractivity contribution >= 4 is 11.9 Å². The van der Waals surface area contributed by atoms with Gasteiger partial charge in [-0.1, -0.05) is 12.1 Å². The minimum atomic E-state index is -0.620. The van der Waals surface area contributed by atoms with Crippen LogP contribution in [0.1, 0.15) is 46.3 Å². The fourth-order valence-electron chi connectivity index (χ4n) is 4.44. The number of benzene rings is 1. The van der Waals surface area contributed by atoms with Crippen molar-refractivity contribution < 1.29 is 14.3 Å². The third-order valence-corrected chi connectivity index (χ3v) is 5.88. The number of carbonyl (C=O) groups is 2. The Hall–Kier alpha value is -2.89. The molecule has 2 aliphatic rings. The highest BCUT2D eigenvalue weighted by atomic mass is 16.5. The van der Waals surface area contributed by atoms with Crippen LogP contribution in [0.25, 0.3) is 5.69 Å². The molecule has 0 unspecified atom stereocenters. The van der Waals surface area contributed by atoms with E-state index in [1.165, 1.54) is 23.1 Å². The van der Waals surface area contributed by atoms with E-state index in [2.05, 4.69) is 6.07 Å². The molecule has 6 nitrogen and oxygen atoms in total. The minimum absolute atomic E-state index is 0.133. The van der Waals surface area contributed by atoms with Gasteiger partial charge in [-0.15, -0.1) is 0 Å². The van der Waals surface area contributed by atoms with E-state index in [1.54, 1.807) is 23.8 Å². The molecule has 1 atom stereocenters. The number of rotatable bonds is 3. The van der Waals surface area contributed by atoms with Crippen molar-refractivity contribution in [2.24, 2.45) is 0 Å². The maximum atomic E-state index is 13.3. The molecular formula is C22H24N2O4. The number of likely N-dealkylation sites (tertiary alicyclic amines) is 1. The third-order valence-electron chi connectivity index (χ3n) is 5.88. The molecule has 0 spiro atoms. The fourth-order valence-corrected chi connectivity index (χ4v) is 4.44. The molecule has 1 aliphatic carbocycles.